The molecule has 0 aromatic heterocycles. The molecular weight excluding hydrogens is 388 g/mol. The van der Waals surface area contributed by atoms with Gasteiger partial charge in [0.25, 0.3) is 0 Å². The van der Waals surface area contributed by atoms with Gasteiger partial charge >= 0.3 is 0 Å². The van der Waals surface area contributed by atoms with Gasteiger partial charge in [0.2, 0.25) is 5.91 Å². The number of amides is 1. The average molecular weight is 417 g/mol. The van der Waals surface area contributed by atoms with Crippen molar-refractivity contribution in [2.24, 2.45) is 0 Å². The number of ether oxygens (including phenoxy) is 2. The van der Waals surface area contributed by atoms with Gasteiger partial charge in [-0.05, 0) is 53.4 Å². The summed E-state index contributed by atoms with van der Waals surface area (Å²) in [7, 11) is 1.99. The van der Waals surface area contributed by atoms with Crippen molar-refractivity contribution in [3.8, 4) is 11.5 Å². The van der Waals surface area contributed by atoms with Crippen molar-refractivity contribution in [2.45, 2.75) is 25.3 Å². The molecule has 3 aromatic rings. The first-order valence-corrected chi connectivity index (χ1v) is 11.1. The molecule has 0 unspecified atom stereocenters. The van der Waals surface area contributed by atoms with Crippen LogP contribution in [0.3, 0.4) is 0 Å². The summed E-state index contributed by atoms with van der Waals surface area (Å²) in [6.45, 7) is 2.50. The zero-order chi connectivity index (χ0) is 21.2. The molecular formula is C26H28N2O3. The third kappa shape index (κ3) is 4.05. The Balaban J connectivity index is 1.32. The van der Waals surface area contributed by atoms with Crippen molar-refractivity contribution in [3.63, 3.8) is 0 Å². The molecule has 0 N–H and O–H groups in total. The molecule has 160 valence electrons. The second kappa shape index (κ2) is 8.50. The van der Waals surface area contributed by atoms with Crippen molar-refractivity contribution in [1.82, 2.24) is 4.90 Å². The Labute approximate surface area is 183 Å². The van der Waals surface area contributed by atoms with Crippen LogP contribution in [0.1, 0.15) is 30.9 Å². The minimum atomic E-state index is 0.0923. The van der Waals surface area contributed by atoms with Gasteiger partial charge in [-0.15, -0.1) is 0 Å². The average Bonchev–Trinajstić information content (AvgIpc) is 3.17. The van der Waals surface area contributed by atoms with Crippen LogP contribution in [0.2, 0.25) is 0 Å². The smallest absolute Gasteiger partial charge is 0.242 e. The highest BCUT2D eigenvalue weighted by Crippen LogP contribution is 2.38. The zero-order valence-electron chi connectivity index (χ0n) is 17.9. The highest BCUT2D eigenvalue weighted by molar-refractivity contribution is 5.87. The summed E-state index contributed by atoms with van der Waals surface area (Å²) in [5.74, 6) is 1.75. The van der Waals surface area contributed by atoms with Crippen LogP contribution in [0.15, 0.2) is 60.7 Å². The molecule has 5 nitrogen and oxygen atoms in total. The number of hydrogen-bond acceptors (Lipinski definition) is 4. The Kier molecular flexibility index (Phi) is 5.41. The standard InChI is InChI=1S/C26H28N2O3/c1-27(22-11-9-19-6-2-3-7-20(19)16-22)18-26(29)28-13-4-8-23(28)21-10-12-24-25(17-21)31-15-5-14-30-24/h2-3,6-7,9-12,16-17,23H,4-5,8,13-15,18H2,1H3/t23-/m0/s1. The third-order valence-electron chi connectivity index (χ3n) is 6.28. The summed E-state index contributed by atoms with van der Waals surface area (Å²) >= 11 is 0. The fraction of sp³-hybridized carbons (Fsp3) is 0.346. The predicted octanol–water partition coefficient (Wildman–Crippen LogP) is 4.80. The van der Waals surface area contributed by atoms with Crippen molar-refractivity contribution < 1.29 is 14.3 Å². The second-order valence-electron chi connectivity index (χ2n) is 8.39. The normalized spacial score (nSPS) is 18.1. The molecule has 0 spiro atoms. The van der Waals surface area contributed by atoms with Crippen LogP contribution in [0.25, 0.3) is 10.8 Å². The van der Waals surface area contributed by atoms with E-state index in [0.717, 1.165) is 48.6 Å². The topological polar surface area (TPSA) is 42.0 Å². The van der Waals surface area contributed by atoms with Crippen LogP contribution in [-0.2, 0) is 4.79 Å². The molecule has 3 aromatic carbocycles. The lowest BCUT2D eigenvalue weighted by molar-refractivity contribution is -0.130. The second-order valence-corrected chi connectivity index (χ2v) is 8.39. The molecule has 1 atom stereocenters. The minimum Gasteiger partial charge on any atom is -0.490 e. The number of likely N-dealkylation sites (tertiary alicyclic amines) is 1. The highest BCUT2D eigenvalue weighted by atomic mass is 16.5. The maximum atomic E-state index is 13.2. The lowest BCUT2D eigenvalue weighted by Gasteiger charge is -2.28. The number of carbonyl (C=O) groups excluding carboxylic acids is 1. The van der Waals surface area contributed by atoms with E-state index in [4.69, 9.17) is 9.47 Å². The molecule has 0 aliphatic carbocycles. The molecule has 2 aliphatic rings. The van der Waals surface area contributed by atoms with Crippen molar-refractivity contribution in [3.05, 3.63) is 66.2 Å². The van der Waals surface area contributed by atoms with Crippen LogP contribution in [0.5, 0.6) is 11.5 Å². The van der Waals surface area contributed by atoms with Crippen LogP contribution in [0.4, 0.5) is 5.69 Å². The van der Waals surface area contributed by atoms with E-state index in [9.17, 15) is 4.79 Å². The molecule has 0 radical (unpaired) electrons. The SMILES string of the molecule is CN(CC(=O)N1CCC[C@H]1c1ccc2c(c1)OCCCO2)c1ccc2ccccc2c1. The van der Waals surface area contributed by atoms with Gasteiger partial charge in [-0.2, -0.15) is 0 Å². The number of anilines is 1. The van der Waals surface area contributed by atoms with Gasteiger partial charge in [-0.1, -0.05) is 36.4 Å². The monoisotopic (exact) mass is 416 g/mol. The van der Waals surface area contributed by atoms with Crippen molar-refractivity contribution in [1.29, 1.82) is 0 Å². The lowest BCUT2D eigenvalue weighted by Crippen LogP contribution is -2.38. The Morgan fingerprint density at radius 2 is 1.77 bits per heavy atom. The number of carbonyl (C=O) groups is 1. The number of rotatable bonds is 4. The summed E-state index contributed by atoms with van der Waals surface area (Å²) in [6.07, 6.45) is 2.88. The molecule has 31 heavy (non-hydrogen) atoms. The summed E-state index contributed by atoms with van der Waals surface area (Å²) in [6, 6.07) is 20.9. The van der Waals surface area contributed by atoms with E-state index >= 15 is 0 Å². The van der Waals surface area contributed by atoms with Gasteiger partial charge in [0.15, 0.2) is 11.5 Å². The Bertz CT molecular complexity index is 1100. The Morgan fingerprint density at radius 1 is 0.968 bits per heavy atom. The molecule has 1 fully saturated rings. The molecule has 2 heterocycles. The highest BCUT2D eigenvalue weighted by Gasteiger charge is 2.31. The maximum absolute atomic E-state index is 13.2. The molecule has 2 aliphatic heterocycles. The van der Waals surface area contributed by atoms with Crippen LogP contribution < -0.4 is 14.4 Å². The van der Waals surface area contributed by atoms with Crippen LogP contribution in [-0.4, -0.2) is 44.2 Å². The van der Waals surface area contributed by atoms with Gasteiger partial charge in [0, 0.05) is 25.7 Å². The molecule has 1 amide bonds. The van der Waals surface area contributed by atoms with Gasteiger partial charge in [-0.25, -0.2) is 0 Å². The Hall–Kier alpha value is -3.21. The zero-order valence-corrected chi connectivity index (χ0v) is 17.9. The number of likely N-dealkylation sites (N-methyl/N-ethyl adjacent to an activating group) is 1. The van der Waals surface area contributed by atoms with Gasteiger partial charge < -0.3 is 19.3 Å². The first-order valence-electron chi connectivity index (χ1n) is 11.1. The first-order chi connectivity index (χ1) is 15.2. The van der Waals surface area contributed by atoms with Crippen LogP contribution >= 0.6 is 0 Å². The van der Waals surface area contributed by atoms with E-state index in [1.807, 2.05) is 35.0 Å². The lowest BCUT2D eigenvalue weighted by atomic mass is 10.0. The Morgan fingerprint density at radius 3 is 2.65 bits per heavy atom. The molecule has 0 bridgehead atoms. The van der Waals surface area contributed by atoms with Gasteiger partial charge in [0.1, 0.15) is 0 Å². The number of nitrogens with zero attached hydrogens (tertiary/aromatic N) is 2. The molecule has 0 saturated carbocycles. The van der Waals surface area contributed by atoms with E-state index in [0.29, 0.717) is 19.8 Å². The van der Waals surface area contributed by atoms with Gasteiger partial charge in [0.05, 0.1) is 25.8 Å². The summed E-state index contributed by atoms with van der Waals surface area (Å²) < 4.78 is 11.6. The largest absolute Gasteiger partial charge is 0.490 e. The number of fused-ring (bicyclic) bond motifs is 2. The summed E-state index contributed by atoms with van der Waals surface area (Å²) in [5, 5.41) is 2.39. The minimum absolute atomic E-state index is 0.0923. The number of benzene rings is 3. The van der Waals surface area contributed by atoms with E-state index in [1.165, 1.54) is 10.8 Å². The van der Waals surface area contributed by atoms with E-state index in [1.54, 1.807) is 0 Å². The van der Waals surface area contributed by atoms with Crippen molar-refractivity contribution >= 4 is 22.4 Å². The van der Waals surface area contributed by atoms with E-state index < -0.39 is 0 Å². The quantitative estimate of drug-likeness (QED) is 0.613. The summed E-state index contributed by atoms with van der Waals surface area (Å²) in [5.41, 5.74) is 2.18. The maximum Gasteiger partial charge on any atom is 0.242 e. The molecule has 5 heteroatoms. The summed E-state index contributed by atoms with van der Waals surface area (Å²) in [4.78, 5) is 17.3. The van der Waals surface area contributed by atoms with E-state index in [-0.39, 0.29) is 11.9 Å². The van der Waals surface area contributed by atoms with Crippen LogP contribution in [0, 0.1) is 0 Å². The van der Waals surface area contributed by atoms with E-state index in [2.05, 4.69) is 42.5 Å². The first kappa shape index (κ1) is 19.7. The fourth-order valence-corrected chi connectivity index (χ4v) is 4.60. The number of hydrogen-bond donors (Lipinski definition) is 0. The molecule has 5 rings (SSSR count). The molecule has 1 saturated heterocycles. The third-order valence-corrected chi connectivity index (χ3v) is 6.28. The predicted molar refractivity (Wildman–Crippen MR) is 123 cm³/mol. The van der Waals surface area contributed by atoms with Gasteiger partial charge in [-0.3, -0.25) is 4.79 Å². The van der Waals surface area contributed by atoms with Crippen molar-refractivity contribution in [2.75, 3.05) is 38.3 Å². The fourth-order valence-electron chi connectivity index (χ4n) is 4.60.